The molecule has 0 spiro atoms. The van der Waals surface area contributed by atoms with Crippen LogP contribution in [0.1, 0.15) is 59.8 Å². The smallest absolute Gasteiger partial charge is 0.334 e. The molecule has 3 nitrogen and oxygen atoms in total. The molecule has 0 amide bonds. The Bertz CT molecular complexity index is 541. The van der Waals surface area contributed by atoms with E-state index in [-0.39, 0.29) is 17.7 Å². The first-order valence-electron chi connectivity index (χ1n) is 9.15. The van der Waals surface area contributed by atoms with Crippen LogP contribution in [0.25, 0.3) is 0 Å². The largest absolute Gasteiger partial charge is 0.454 e. The number of methoxy groups -OCH3 is 1. The third kappa shape index (κ3) is 5.07. The second-order valence-electron chi connectivity index (χ2n) is 7.75. The van der Waals surface area contributed by atoms with E-state index in [2.05, 4.69) is 45.9 Å². The van der Waals surface area contributed by atoms with Gasteiger partial charge in [-0.05, 0) is 57.4 Å². The molecule has 0 N–H and O–H groups in total. The Morgan fingerprint density at radius 1 is 1.38 bits per heavy atom. The molecule has 2 aliphatic rings. The van der Waals surface area contributed by atoms with Crippen molar-refractivity contribution >= 4 is 5.97 Å². The van der Waals surface area contributed by atoms with Gasteiger partial charge in [0.25, 0.3) is 0 Å². The van der Waals surface area contributed by atoms with E-state index in [0.29, 0.717) is 11.8 Å². The zero-order valence-corrected chi connectivity index (χ0v) is 15.8. The number of carbonyl (C=O) groups is 1. The summed E-state index contributed by atoms with van der Waals surface area (Å²) in [4.78, 5) is 12.1. The van der Waals surface area contributed by atoms with Crippen LogP contribution in [0.4, 0.5) is 0 Å². The molecule has 0 unspecified atom stereocenters. The molecule has 0 aromatic heterocycles. The normalized spacial score (nSPS) is 35.7. The van der Waals surface area contributed by atoms with Crippen molar-refractivity contribution in [3.8, 4) is 0 Å². The maximum Gasteiger partial charge on any atom is 0.334 e. The van der Waals surface area contributed by atoms with E-state index in [4.69, 9.17) is 9.47 Å². The molecule has 24 heavy (non-hydrogen) atoms. The molecule has 0 saturated heterocycles. The van der Waals surface area contributed by atoms with Crippen LogP contribution in [-0.4, -0.2) is 24.8 Å². The van der Waals surface area contributed by atoms with E-state index in [1.165, 1.54) is 5.57 Å². The summed E-state index contributed by atoms with van der Waals surface area (Å²) in [5.41, 5.74) is 1.88. The molecule has 0 aromatic rings. The number of fused-ring (bicyclic) bond motifs is 1. The molecule has 3 atom stereocenters. The van der Waals surface area contributed by atoms with Crippen LogP contribution < -0.4 is 0 Å². The van der Waals surface area contributed by atoms with Crippen LogP contribution in [0.3, 0.4) is 0 Å². The Balaban J connectivity index is 2.24. The number of esters is 1. The molecule has 2 rings (SSSR count). The number of hydrogen-bond donors (Lipinski definition) is 0. The Morgan fingerprint density at radius 3 is 2.79 bits per heavy atom. The minimum absolute atomic E-state index is 0.0893. The van der Waals surface area contributed by atoms with Gasteiger partial charge in [0.1, 0.15) is 6.10 Å². The third-order valence-corrected chi connectivity index (χ3v) is 5.33. The van der Waals surface area contributed by atoms with Crippen molar-refractivity contribution in [1.82, 2.24) is 0 Å². The fourth-order valence-corrected chi connectivity index (χ4v) is 3.39. The van der Waals surface area contributed by atoms with Gasteiger partial charge in [0, 0.05) is 19.1 Å². The highest BCUT2D eigenvalue weighted by Crippen LogP contribution is 2.29. The van der Waals surface area contributed by atoms with Gasteiger partial charge in [0.15, 0.2) is 0 Å². The van der Waals surface area contributed by atoms with Crippen LogP contribution in [0.5, 0.6) is 0 Å². The number of hydrogen-bond acceptors (Lipinski definition) is 3. The number of allylic oxidation sites excluding steroid dienone is 2. The molecule has 2 bridgehead atoms. The molecule has 1 aliphatic heterocycles. The predicted octanol–water partition coefficient (Wildman–Crippen LogP) is 4.98. The van der Waals surface area contributed by atoms with Gasteiger partial charge < -0.3 is 9.47 Å². The Morgan fingerprint density at radius 2 is 2.12 bits per heavy atom. The second kappa shape index (κ2) is 8.15. The Hall–Kier alpha value is -1.35. The van der Waals surface area contributed by atoms with E-state index in [0.717, 1.165) is 37.7 Å². The summed E-state index contributed by atoms with van der Waals surface area (Å²) >= 11 is 0. The number of carbonyl (C=O) groups excluding carboxylic acids is 1. The number of ether oxygens (including phenoxy) is 2. The minimum Gasteiger partial charge on any atom is -0.454 e. The van der Waals surface area contributed by atoms with Crippen molar-refractivity contribution in [2.75, 3.05) is 7.11 Å². The summed E-state index contributed by atoms with van der Waals surface area (Å²) in [6.07, 6.45) is 13.2. The van der Waals surface area contributed by atoms with Gasteiger partial charge in [-0.25, -0.2) is 4.79 Å². The van der Waals surface area contributed by atoms with Crippen molar-refractivity contribution in [2.24, 2.45) is 11.8 Å². The fourth-order valence-electron chi connectivity index (χ4n) is 3.39. The summed E-state index contributed by atoms with van der Waals surface area (Å²) in [5.74, 6) is 0.842. The molecule has 0 aromatic carbocycles. The first kappa shape index (κ1) is 19.0. The average molecular weight is 332 g/mol. The monoisotopic (exact) mass is 332 g/mol. The van der Waals surface area contributed by atoms with Gasteiger partial charge >= 0.3 is 5.97 Å². The highest BCUT2D eigenvalue weighted by atomic mass is 16.5. The van der Waals surface area contributed by atoms with Gasteiger partial charge in [0.2, 0.25) is 0 Å². The lowest BCUT2D eigenvalue weighted by molar-refractivity contribution is -0.139. The van der Waals surface area contributed by atoms with E-state index in [9.17, 15) is 4.79 Å². The SMILES string of the molecule is CO[C@@]1(C)/C=C\[C@@H](C(C)C)CCC2=C[C@@H](C/C(C)=C\CC1)OC2=O. The molecule has 134 valence electrons. The maximum atomic E-state index is 12.1. The molecule has 0 fully saturated rings. The molecular formula is C21H32O3. The van der Waals surface area contributed by atoms with Gasteiger partial charge in [0.05, 0.1) is 5.60 Å². The second-order valence-corrected chi connectivity index (χ2v) is 7.75. The summed E-state index contributed by atoms with van der Waals surface area (Å²) in [5, 5.41) is 0. The highest BCUT2D eigenvalue weighted by molar-refractivity contribution is 5.90. The van der Waals surface area contributed by atoms with E-state index in [1.807, 2.05) is 6.08 Å². The van der Waals surface area contributed by atoms with Gasteiger partial charge in [-0.3, -0.25) is 0 Å². The topological polar surface area (TPSA) is 35.5 Å². The number of rotatable bonds is 2. The maximum absolute atomic E-state index is 12.1. The van der Waals surface area contributed by atoms with Crippen molar-refractivity contribution in [2.45, 2.75) is 71.5 Å². The lowest BCUT2D eigenvalue weighted by Gasteiger charge is -2.26. The molecule has 1 aliphatic carbocycles. The van der Waals surface area contributed by atoms with E-state index >= 15 is 0 Å². The van der Waals surface area contributed by atoms with Gasteiger partial charge in [-0.2, -0.15) is 0 Å². The quantitative estimate of drug-likeness (QED) is 0.528. The van der Waals surface area contributed by atoms with Crippen molar-refractivity contribution in [3.63, 3.8) is 0 Å². The third-order valence-electron chi connectivity index (χ3n) is 5.33. The van der Waals surface area contributed by atoms with Crippen molar-refractivity contribution < 1.29 is 14.3 Å². The molecular weight excluding hydrogens is 300 g/mol. The standard InChI is InChI=1S/C21H32O3/c1-15(2)17-8-9-18-14-19(24-20(18)22)13-16(3)7-6-11-21(4,23-5)12-10-17/h7,10,12,14-15,17,19H,6,8-9,11,13H2,1-5H3/b12-10-,16-7-/t17-,19+,21+/m0/s1. The lowest BCUT2D eigenvalue weighted by Crippen LogP contribution is -2.24. The predicted molar refractivity (Wildman–Crippen MR) is 97.7 cm³/mol. The van der Waals surface area contributed by atoms with Crippen molar-refractivity contribution in [1.29, 1.82) is 0 Å². The van der Waals surface area contributed by atoms with Crippen LogP contribution >= 0.6 is 0 Å². The lowest BCUT2D eigenvalue weighted by atomic mass is 9.86. The fraction of sp³-hybridized carbons (Fsp3) is 0.667. The van der Waals surface area contributed by atoms with Crippen LogP contribution in [0.2, 0.25) is 0 Å². The minimum atomic E-state index is -0.237. The first-order valence-corrected chi connectivity index (χ1v) is 9.15. The summed E-state index contributed by atoms with van der Waals surface area (Å²) in [6.45, 7) is 8.73. The van der Waals surface area contributed by atoms with Crippen LogP contribution in [-0.2, 0) is 14.3 Å². The Kier molecular flexibility index (Phi) is 6.45. The molecule has 0 radical (unpaired) electrons. The van der Waals surface area contributed by atoms with Gasteiger partial charge in [-0.1, -0.05) is 37.6 Å². The summed E-state index contributed by atoms with van der Waals surface area (Å²) in [6, 6.07) is 0. The summed E-state index contributed by atoms with van der Waals surface area (Å²) in [7, 11) is 1.78. The van der Waals surface area contributed by atoms with E-state index in [1.54, 1.807) is 7.11 Å². The van der Waals surface area contributed by atoms with E-state index < -0.39 is 0 Å². The molecule has 0 saturated carbocycles. The zero-order valence-electron chi connectivity index (χ0n) is 15.8. The van der Waals surface area contributed by atoms with Crippen LogP contribution in [0, 0.1) is 11.8 Å². The zero-order chi connectivity index (χ0) is 17.7. The molecule has 1 heterocycles. The Labute approximate surface area is 146 Å². The van der Waals surface area contributed by atoms with Crippen molar-refractivity contribution in [3.05, 3.63) is 35.5 Å². The molecule has 3 heteroatoms. The first-order chi connectivity index (χ1) is 11.3. The van der Waals surface area contributed by atoms with Crippen LogP contribution in [0.15, 0.2) is 35.5 Å². The van der Waals surface area contributed by atoms with Gasteiger partial charge in [-0.15, -0.1) is 0 Å². The summed E-state index contributed by atoms with van der Waals surface area (Å²) < 4.78 is 11.3. The highest BCUT2D eigenvalue weighted by Gasteiger charge is 2.27. The average Bonchev–Trinajstić information content (AvgIpc) is 2.85.